The normalized spacial score (nSPS) is 13.1. The molecule has 3 rings (SSSR count). The fourth-order valence-electron chi connectivity index (χ4n) is 2.78. The summed E-state index contributed by atoms with van der Waals surface area (Å²) in [5, 5.41) is 8.06. The monoisotopic (exact) mass is 386 g/mol. The fourth-order valence-corrected chi connectivity index (χ4v) is 3.58. The summed E-state index contributed by atoms with van der Waals surface area (Å²) in [5.74, 6) is -1.95. The Bertz CT molecular complexity index is 884. The van der Waals surface area contributed by atoms with Crippen LogP contribution in [0.15, 0.2) is 66.0 Å². The number of rotatable bonds is 7. The number of thiophene rings is 1. The van der Waals surface area contributed by atoms with Crippen molar-refractivity contribution in [3.05, 3.63) is 93.7 Å². The number of amides is 1. The van der Waals surface area contributed by atoms with Gasteiger partial charge in [-0.3, -0.25) is 4.79 Å². The first kappa shape index (κ1) is 19.2. The third-order valence-corrected chi connectivity index (χ3v) is 5.22. The molecule has 140 valence electrons. The molecule has 0 unspecified atom stereocenters. The van der Waals surface area contributed by atoms with E-state index in [1.54, 1.807) is 18.3 Å². The molecule has 0 spiro atoms. The van der Waals surface area contributed by atoms with Gasteiger partial charge in [-0.25, -0.2) is 8.78 Å². The molecule has 1 aromatic heterocycles. The van der Waals surface area contributed by atoms with Gasteiger partial charge in [0, 0.05) is 10.9 Å². The van der Waals surface area contributed by atoms with E-state index in [1.165, 1.54) is 6.07 Å². The lowest BCUT2D eigenvalue weighted by Crippen LogP contribution is -2.37. The molecule has 2 atom stereocenters. The molecule has 0 aliphatic heterocycles. The minimum absolute atomic E-state index is 0.0644. The predicted molar refractivity (Wildman–Crippen MR) is 104 cm³/mol. The fraction of sp³-hybridized carbons (Fsp3) is 0.190. The second-order valence-electron chi connectivity index (χ2n) is 6.20. The molecule has 0 radical (unpaired) electrons. The molecule has 1 heterocycles. The molecular formula is C21H20F2N2OS. The zero-order valence-electron chi connectivity index (χ0n) is 14.8. The van der Waals surface area contributed by atoms with Crippen molar-refractivity contribution in [1.82, 2.24) is 10.6 Å². The minimum atomic E-state index is -0.896. The summed E-state index contributed by atoms with van der Waals surface area (Å²) >= 11 is 1.58. The highest BCUT2D eigenvalue weighted by atomic mass is 32.1. The molecule has 3 aromatic rings. The van der Waals surface area contributed by atoms with Crippen LogP contribution in [0.1, 0.15) is 35.0 Å². The third kappa shape index (κ3) is 4.99. The SMILES string of the molecule is C[C@H](NCC(=O)N[C@@H](c1ccccc1)c1cccs1)c1ccc(F)c(F)c1. The van der Waals surface area contributed by atoms with Crippen LogP contribution >= 0.6 is 11.3 Å². The maximum Gasteiger partial charge on any atom is 0.234 e. The van der Waals surface area contributed by atoms with Crippen LogP contribution in [-0.2, 0) is 4.79 Å². The predicted octanol–water partition coefficient (Wildman–Crippen LogP) is 4.58. The molecule has 0 fully saturated rings. The van der Waals surface area contributed by atoms with Gasteiger partial charge in [-0.05, 0) is 41.6 Å². The molecule has 0 saturated heterocycles. The maximum atomic E-state index is 13.4. The first-order valence-corrected chi connectivity index (χ1v) is 9.48. The van der Waals surface area contributed by atoms with Crippen LogP contribution in [0.25, 0.3) is 0 Å². The molecule has 3 nitrogen and oxygen atoms in total. The number of benzene rings is 2. The van der Waals surface area contributed by atoms with Crippen LogP contribution in [0.2, 0.25) is 0 Å². The van der Waals surface area contributed by atoms with E-state index in [2.05, 4.69) is 10.6 Å². The number of carbonyl (C=O) groups is 1. The smallest absolute Gasteiger partial charge is 0.234 e. The lowest BCUT2D eigenvalue weighted by Gasteiger charge is -2.20. The summed E-state index contributed by atoms with van der Waals surface area (Å²) in [6.45, 7) is 1.86. The standard InChI is InChI=1S/C21H20F2N2OS/c1-14(16-9-10-17(22)18(23)12-16)24-13-20(26)25-21(19-8-5-11-27-19)15-6-3-2-4-7-15/h2-12,14,21,24H,13H2,1H3,(H,25,26)/t14-,21-/m0/s1. The largest absolute Gasteiger partial charge is 0.343 e. The highest BCUT2D eigenvalue weighted by molar-refractivity contribution is 7.10. The Hall–Kier alpha value is -2.57. The van der Waals surface area contributed by atoms with Gasteiger partial charge in [-0.2, -0.15) is 0 Å². The highest BCUT2D eigenvalue weighted by Gasteiger charge is 2.18. The van der Waals surface area contributed by atoms with E-state index >= 15 is 0 Å². The van der Waals surface area contributed by atoms with Gasteiger partial charge >= 0.3 is 0 Å². The Morgan fingerprint density at radius 2 is 1.78 bits per heavy atom. The second kappa shape index (κ2) is 8.88. The highest BCUT2D eigenvalue weighted by Crippen LogP contribution is 2.25. The maximum absolute atomic E-state index is 13.4. The first-order valence-electron chi connectivity index (χ1n) is 8.60. The molecule has 0 aliphatic rings. The number of hydrogen-bond acceptors (Lipinski definition) is 3. The van der Waals surface area contributed by atoms with E-state index in [-0.39, 0.29) is 24.5 Å². The molecule has 0 bridgehead atoms. The lowest BCUT2D eigenvalue weighted by molar-refractivity contribution is -0.120. The summed E-state index contributed by atoms with van der Waals surface area (Å²) in [4.78, 5) is 13.5. The molecule has 6 heteroatoms. The topological polar surface area (TPSA) is 41.1 Å². The van der Waals surface area contributed by atoms with Gasteiger partial charge in [0.15, 0.2) is 11.6 Å². The second-order valence-corrected chi connectivity index (χ2v) is 7.18. The van der Waals surface area contributed by atoms with E-state index in [9.17, 15) is 13.6 Å². The minimum Gasteiger partial charge on any atom is -0.343 e. The zero-order chi connectivity index (χ0) is 19.2. The average molecular weight is 386 g/mol. The first-order chi connectivity index (χ1) is 13.0. The number of hydrogen-bond donors (Lipinski definition) is 2. The third-order valence-electron chi connectivity index (χ3n) is 4.28. The quantitative estimate of drug-likeness (QED) is 0.624. The van der Waals surface area contributed by atoms with E-state index in [0.717, 1.165) is 22.6 Å². The Balaban J connectivity index is 1.63. The van der Waals surface area contributed by atoms with Gasteiger partial charge in [0.25, 0.3) is 0 Å². The van der Waals surface area contributed by atoms with Crippen molar-refractivity contribution in [2.24, 2.45) is 0 Å². The summed E-state index contributed by atoms with van der Waals surface area (Å²) in [5.41, 5.74) is 1.58. The van der Waals surface area contributed by atoms with Crippen LogP contribution in [0, 0.1) is 11.6 Å². The number of halogens is 2. The van der Waals surface area contributed by atoms with Crippen molar-refractivity contribution < 1.29 is 13.6 Å². The summed E-state index contributed by atoms with van der Waals surface area (Å²) in [6.07, 6.45) is 0. The molecule has 2 aromatic carbocycles. The summed E-state index contributed by atoms with van der Waals surface area (Å²) in [6, 6.07) is 16.9. The van der Waals surface area contributed by atoms with Gasteiger partial charge in [-0.15, -0.1) is 11.3 Å². The van der Waals surface area contributed by atoms with Crippen molar-refractivity contribution in [3.63, 3.8) is 0 Å². The molecule has 0 saturated carbocycles. The van der Waals surface area contributed by atoms with Crippen LogP contribution in [0.3, 0.4) is 0 Å². The molecular weight excluding hydrogens is 366 g/mol. The zero-order valence-corrected chi connectivity index (χ0v) is 15.6. The molecule has 0 aliphatic carbocycles. The van der Waals surface area contributed by atoms with Gasteiger partial charge in [-0.1, -0.05) is 42.5 Å². The van der Waals surface area contributed by atoms with Crippen LogP contribution in [-0.4, -0.2) is 12.5 Å². The Morgan fingerprint density at radius 3 is 2.44 bits per heavy atom. The average Bonchev–Trinajstić information content (AvgIpc) is 3.21. The van der Waals surface area contributed by atoms with Crippen LogP contribution in [0.4, 0.5) is 8.78 Å². The van der Waals surface area contributed by atoms with Gasteiger partial charge in [0.1, 0.15) is 0 Å². The van der Waals surface area contributed by atoms with Gasteiger partial charge in [0.2, 0.25) is 5.91 Å². The van der Waals surface area contributed by atoms with Crippen molar-refractivity contribution in [2.75, 3.05) is 6.54 Å². The van der Waals surface area contributed by atoms with Crippen molar-refractivity contribution >= 4 is 17.2 Å². The number of nitrogens with one attached hydrogen (secondary N) is 2. The molecule has 2 N–H and O–H groups in total. The van der Waals surface area contributed by atoms with Crippen LogP contribution in [0.5, 0.6) is 0 Å². The van der Waals surface area contributed by atoms with Gasteiger partial charge in [0.05, 0.1) is 12.6 Å². The molecule has 1 amide bonds. The van der Waals surface area contributed by atoms with E-state index in [4.69, 9.17) is 0 Å². The Labute approximate surface area is 161 Å². The van der Waals surface area contributed by atoms with Crippen molar-refractivity contribution in [3.8, 4) is 0 Å². The van der Waals surface area contributed by atoms with Crippen molar-refractivity contribution in [2.45, 2.75) is 19.0 Å². The summed E-state index contributed by atoms with van der Waals surface area (Å²) < 4.78 is 26.4. The Morgan fingerprint density at radius 1 is 1.00 bits per heavy atom. The van der Waals surface area contributed by atoms with Crippen LogP contribution < -0.4 is 10.6 Å². The summed E-state index contributed by atoms with van der Waals surface area (Å²) in [7, 11) is 0. The number of carbonyl (C=O) groups excluding carboxylic acids is 1. The van der Waals surface area contributed by atoms with Crippen molar-refractivity contribution in [1.29, 1.82) is 0 Å². The molecule has 27 heavy (non-hydrogen) atoms. The van der Waals surface area contributed by atoms with E-state index in [0.29, 0.717) is 5.56 Å². The Kier molecular flexibility index (Phi) is 6.32. The van der Waals surface area contributed by atoms with E-state index < -0.39 is 11.6 Å². The lowest BCUT2D eigenvalue weighted by atomic mass is 10.1. The van der Waals surface area contributed by atoms with E-state index in [1.807, 2.05) is 47.8 Å². The van der Waals surface area contributed by atoms with Gasteiger partial charge < -0.3 is 10.6 Å².